The number of nitrogens with zero attached hydrogens (tertiary/aromatic N) is 3. The highest BCUT2D eigenvalue weighted by atomic mass is 16.5. The van der Waals surface area contributed by atoms with Crippen molar-refractivity contribution in [1.82, 2.24) is 15.5 Å². The third-order valence-electron chi connectivity index (χ3n) is 2.45. The normalized spacial score (nSPS) is 11.8. The predicted molar refractivity (Wildman–Crippen MR) is 72.1 cm³/mol. The fourth-order valence-electron chi connectivity index (χ4n) is 1.60. The highest BCUT2D eigenvalue weighted by Gasteiger charge is 2.21. The summed E-state index contributed by atoms with van der Waals surface area (Å²) >= 11 is 0. The lowest BCUT2D eigenvalue weighted by Gasteiger charge is -2.26. The maximum absolute atomic E-state index is 9.83. The van der Waals surface area contributed by atoms with Crippen molar-refractivity contribution in [2.24, 2.45) is 0 Å². The Morgan fingerprint density at radius 1 is 1.42 bits per heavy atom. The van der Waals surface area contributed by atoms with Gasteiger partial charge in [-0.25, -0.2) is 0 Å². The molecule has 0 aliphatic rings. The van der Waals surface area contributed by atoms with Gasteiger partial charge in [0.15, 0.2) is 0 Å². The average molecular weight is 272 g/mol. The summed E-state index contributed by atoms with van der Waals surface area (Å²) in [5.41, 5.74) is -0.804. The molecule has 1 rings (SSSR count). The minimum absolute atomic E-state index is 0.438. The first-order valence-corrected chi connectivity index (χ1v) is 6.45. The molecule has 0 aromatic carbocycles. The van der Waals surface area contributed by atoms with Crippen molar-refractivity contribution in [1.29, 1.82) is 0 Å². The lowest BCUT2D eigenvalue weighted by molar-refractivity contribution is 0.0863. The van der Waals surface area contributed by atoms with Gasteiger partial charge in [-0.2, -0.15) is 0 Å². The Hall–Kier alpha value is -1.18. The van der Waals surface area contributed by atoms with Crippen LogP contribution < -0.4 is 10.2 Å². The number of aromatic nitrogens is 2. The molecule has 0 radical (unpaired) electrons. The number of anilines is 1. The number of rotatable bonds is 9. The van der Waals surface area contributed by atoms with Crippen molar-refractivity contribution in [3.05, 3.63) is 5.89 Å². The fourth-order valence-corrected chi connectivity index (χ4v) is 1.60. The molecular weight excluding hydrogens is 248 g/mol. The summed E-state index contributed by atoms with van der Waals surface area (Å²) in [6.07, 6.45) is 0. The van der Waals surface area contributed by atoms with E-state index >= 15 is 0 Å². The van der Waals surface area contributed by atoms with Gasteiger partial charge in [-0.15, -0.1) is 5.10 Å². The van der Waals surface area contributed by atoms with Crippen LogP contribution in [-0.4, -0.2) is 54.3 Å². The van der Waals surface area contributed by atoms with Crippen molar-refractivity contribution < 1.29 is 14.3 Å². The van der Waals surface area contributed by atoms with Gasteiger partial charge >= 0.3 is 6.01 Å². The summed E-state index contributed by atoms with van der Waals surface area (Å²) in [7, 11) is 1.66. The van der Waals surface area contributed by atoms with Gasteiger partial charge in [-0.05, 0) is 20.8 Å². The Kier molecular flexibility index (Phi) is 6.20. The number of aliphatic hydroxyl groups is 1. The number of hydrogen-bond acceptors (Lipinski definition) is 7. The van der Waals surface area contributed by atoms with Crippen LogP contribution in [0.2, 0.25) is 0 Å². The Balaban J connectivity index is 2.51. The number of hydrogen-bond donors (Lipinski definition) is 2. The molecule has 1 aromatic rings. The molecule has 0 bridgehead atoms. The zero-order chi connectivity index (χ0) is 14.3. The summed E-state index contributed by atoms with van der Waals surface area (Å²) < 4.78 is 10.5. The maximum Gasteiger partial charge on any atom is 0.318 e. The summed E-state index contributed by atoms with van der Waals surface area (Å²) in [6.45, 7) is 8.50. The van der Waals surface area contributed by atoms with E-state index in [0.717, 1.165) is 6.54 Å². The molecule has 0 spiro atoms. The van der Waals surface area contributed by atoms with E-state index in [0.29, 0.717) is 38.1 Å². The second-order valence-electron chi connectivity index (χ2n) is 4.97. The van der Waals surface area contributed by atoms with Crippen LogP contribution in [0.3, 0.4) is 0 Å². The SMILES string of the molecule is CCN(CC(C)(C)O)c1nnc(CNCCOC)o1. The zero-order valence-electron chi connectivity index (χ0n) is 12.1. The highest BCUT2D eigenvalue weighted by Crippen LogP contribution is 2.15. The van der Waals surface area contributed by atoms with E-state index in [9.17, 15) is 5.11 Å². The molecule has 19 heavy (non-hydrogen) atoms. The van der Waals surface area contributed by atoms with Crippen molar-refractivity contribution in [3.63, 3.8) is 0 Å². The molecule has 0 aliphatic carbocycles. The van der Waals surface area contributed by atoms with Crippen LogP contribution in [0, 0.1) is 0 Å². The molecule has 1 aromatic heterocycles. The van der Waals surface area contributed by atoms with E-state index in [-0.39, 0.29) is 0 Å². The molecule has 0 amide bonds. The Labute approximate surface area is 114 Å². The number of methoxy groups -OCH3 is 1. The van der Waals surface area contributed by atoms with Gasteiger partial charge in [0.25, 0.3) is 0 Å². The Morgan fingerprint density at radius 3 is 2.74 bits per heavy atom. The largest absolute Gasteiger partial charge is 0.407 e. The van der Waals surface area contributed by atoms with Gasteiger partial charge < -0.3 is 24.5 Å². The van der Waals surface area contributed by atoms with Crippen LogP contribution in [0.1, 0.15) is 26.7 Å². The van der Waals surface area contributed by atoms with Gasteiger partial charge in [0, 0.05) is 20.2 Å². The minimum Gasteiger partial charge on any atom is -0.407 e. The molecular formula is C12H24N4O3. The van der Waals surface area contributed by atoms with Crippen molar-refractivity contribution in [2.45, 2.75) is 32.9 Å². The van der Waals surface area contributed by atoms with Gasteiger partial charge in [0.2, 0.25) is 5.89 Å². The molecule has 0 saturated carbocycles. The van der Waals surface area contributed by atoms with Gasteiger partial charge in [0.05, 0.1) is 25.3 Å². The number of ether oxygens (including phenoxy) is 1. The van der Waals surface area contributed by atoms with Crippen LogP contribution in [0.4, 0.5) is 6.01 Å². The first kappa shape index (κ1) is 15.9. The molecule has 7 heteroatoms. The second-order valence-corrected chi connectivity index (χ2v) is 4.97. The van der Waals surface area contributed by atoms with Gasteiger partial charge in [0.1, 0.15) is 0 Å². The first-order chi connectivity index (χ1) is 8.96. The molecule has 0 fully saturated rings. The molecule has 7 nitrogen and oxygen atoms in total. The summed E-state index contributed by atoms with van der Waals surface area (Å²) in [6, 6.07) is 0.438. The van der Waals surface area contributed by atoms with E-state index in [4.69, 9.17) is 9.15 Å². The number of likely N-dealkylation sites (N-methyl/N-ethyl adjacent to an activating group) is 1. The van der Waals surface area contributed by atoms with Crippen LogP contribution in [0.25, 0.3) is 0 Å². The summed E-state index contributed by atoms with van der Waals surface area (Å²) in [4.78, 5) is 1.85. The van der Waals surface area contributed by atoms with E-state index in [2.05, 4.69) is 15.5 Å². The quantitative estimate of drug-likeness (QED) is 0.630. The minimum atomic E-state index is -0.804. The number of nitrogens with one attached hydrogen (secondary N) is 1. The molecule has 0 aliphatic heterocycles. The van der Waals surface area contributed by atoms with Gasteiger partial charge in [-0.3, -0.25) is 0 Å². The lowest BCUT2D eigenvalue weighted by atomic mass is 10.1. The van der Waals surface area contributed by atoms with Crippen LogP contribution in [0.5, 0.6) is 0 Å². The summed E-state index contributed by atoms with van der Waals surface area (Å²) in [5.74, 6) is 0.528. The second kappa shape index (κ2) is 7.42. The first-order valence-electron chi connectivity index (χ1n) is 6.45. The molecule has 0 saturated heterocycles. The third kappa shape index (κ3) is 6.00. The third-order valence-corrected chi connectivity index (χ3v) is 2.45. The Morgan fingerprint density at radius 2 is 2.16 bits per heavy atom. The topological polar surface area (TPSA) is 83.7 Å². The maximum atomic E-state index is 9.83. The molecule has 2 N–H and O–H groups in total. The monoisotopic (exact) mass is 272 g/mol. The van der Waals surface area contributed by atoms with Crippen LogP contribution >= 0.6 is 0 Å². The lowest BCUT2D eigenvalue weighted by Crippen LogP contribution is -2.38. The zero-order valence-corrected chi connectivity index (χ0v) is 12.1. The molecule has 110 valence electrons. The highest BCUT2D eigenvalue weighted by molar-refractivity contribution is 5.24. The smallest absolute Gasteiger partial charge is 0.318 e. The molecule has 1 heterocycles. The predicted octanol–water partition coefficient (Wildman–Crippen LogP) is 0.403. The molecule has 0 unspecified atom stereocenters. The van der Waals surface area contributed by atoms with E-state index in [1.807, 2.05) is 11.8 Å². The fraction of sp³-hybridized carbons (Fsp3) is 0.833. The average Bonchev–Trinajstić information content (AvgIpc) is 2.79. The van der Waals surface area contributed by atoms with Crippen LogP contribution in [0.15, 0.2) is 4.42 Å². The van der Waals surface area contributed by atoms with E-state index < -0.39 is 5.60 Å². The van der Waals surface area contributed by atoms with E-state index in [1.165, 1.54) is 0 Å². The van der Waals surface area contributed by atoms with Crippen molar-refractivity contribution in [3.8, 4) is 0 Å². The van der Waals surface area contributed by atoms with Gasteiger partial charge in [-0.1, -0.05) is 5.10 Å². The van der Waals surface area contributed by atoms with Crippen molar-refractivity contribution in [2.75, 3.05) is 38.3 Å². The molecule has 0 atom stereocenters. The van der Waals surface area contributed by atoms with Crippen molar-refractivity contribution >= 4 is 6.01 Å². The van der Waals surface area contributed by atoms with Crippen LogP contribution in [-0.2, 0) is 11.3 Å². The standard InChI is InChI=1S/C12H24N4O3/c1-5-16(9-12(2,3)17)11-15-14-10(19-11)8-13-6-7-18-4/h13,17H,5-9H2,1-4H3. The summed E-state index contributed by atoms with van der Waals surface area (Å²) in [5, 5.41) is 20.9. The Bertz CT molecular complexity index is 362. The van der Waals surface area contributed by atoms with E-state index in [1.54, 1.807) is 21.0 Å².